The second-order valence-electron chi connectivity index (χ2n) is 10.4. The van der Waals surface area contributed by atoms with Crippen molar-refractivity contribution in [3.8, 4) is 0 Å². The zero-order valence-corrected chi connectivity index (χ0v) is 27.5. The van der Waals surface area contributed by atoms with Gasteiger partial charge >= 0.3 is 23.9 Å². The lowest BCUT2D eigenvalue weighted by atomic mass is 10.2. The number of hydrogen-bond acceptors (Lipinski definition) is 12. The maximum absolute atomic E-state index is 12.0. The normalized spacial score (nSPS) is 13.4. The fourth-order valence-corrected chi connectivity index (χ4v) is 5.49. The standard InChI is InChI=1S/C24H46O10S2Si2/c1-19(23(28)33-17-37(4,5)16-25)14-35-12-8-21(26)31-10-11-32-22(27)9-13-36-15-20(2)24(29)34-18-38(6,7)30-3/h19-20,25H,8-18H2,1-7H3. The van der Waals surface area contributed by atoms with E-state index in [0.717, 1.165) is 0 Å². The fraction of sp³-hybridized carbons (Fsp3) is 0.833. The van der Waals surface area contributed by atoms with Crippen molar-refractivity contribution >= 4 is 63.8 Å². The average molecular weight is 615 g/mol. The molecular formula is C24H46O10S2Si2. The second-order valence-corrected chi connectivity index (χ2v) is 21.8. The first-order chi connectivity index (χ1) is 17.7. The van der Waals surface area contributed by atoms with Crippen LogP contribution in [0.3, 0.4) is 0 Å². The summed E-state index contributed by atoms with van der Waals surface area (Å²) in [5.74, 6) is 0.148. The van der Waals surface area contributed by atoms with Crippen molar-refractivity contribution in [3.63, 3.8) is 0 Å². The SMILES string of the molecule is CO[Si](C)(C)COC(=O)C(C)CSCCC(=O)OCCOC(=O)CCSCC(C)C(=O)OC[Si](C)(C)CO. The monoisotopic (exact) mass is 614 g/mol. The number of esters is 4. The first kappa shape index (κ1) is 36.9. The van der Waals surface area contributed by atoms with Gasteiger partial charge in [-0.1, -0.05) is 26.9 Å². The van der Waals surface area contributed by atoms with Crippen LogP contribution in [0.25, 0.3) is 0 Å². The van der Waals surface area contributed by atoms with Crippen LogP contribution in [0.2, 0.25) is 26.2 Å². The van der Waals surface area contributed by atoms with Crippen LogP contribution in [0.1, 0.15) is 26.7 Å². The Morgan fingerprint density at radius 2 is 1.16 bits per heavy atom. The molecule has 0 radical (unpaired) electrons. The topological polar surface area (TPSA) is 135 Å². The van der Waals surface area contributed by atoms with Crippen LogP contribution in [0, 0.1) is 11.8 Å². The summed E-state index contributed by atoms with van der Waals surface area (Å²) in [4.78, 5) is 47.7. The zero-order chi connectivity index (χ0) is 29.2. The van der Waals surface area contributed by atoms with Gasteiger partial charge in [0.05, 0.1) is 30.9 Å². The number of carbonyl (C=O) groups is 4. The molecule has 0 aromatic heterocycles. The van der Waals surface area contributed by atoms with Crippen LogP contribution in [0.5, 0.6) is 0 Å². The zero-order valence-electron chi connectivity index (χ0n) is 23.9. The Morgan fingerprint density at radius 1 is 0.737 bits per heavy atom. The van der Waals surface area contributed by atoms with Gasteiger partial charge in [-0.2, -0.15) is 23.5 Å². The highest BCUT2D eigenvalue weighted by molar-refractivity contribution is 7.99. The number of carbonyl (C=O) groups excluding carboxylic acids is 4. The molecule has 2 unspecified atom stereocenters. The minimum Gasteiger partial charge on any atom is -0.469 e. The van der Waals surface area contributed by atoms with Gasteiger partial charge in [-0.05, 0) is 13.1 Å². The average Bonchev–Trinajstić information content (AvgIpc) is 2.88. The van der Waals surface area contributed by atoms with E-state index in [1.165, 1.54) is 23.5 Å². The van der Waals surface area contributed by atoms with E-state index in [2.05, 4.69) is 0 Å². The largest absolute Gasteiger partial charge is 0.469 e. The summed E-state index contributed by atoms with van der Waals surface area (Å²) in [6.45, 7) is 11.4. The Kier molecular flexibility index (Phi) is 19.3. The first-order valence-corrected chi connectivity index (χ1v) is 21.5. The molecule has 0 aliphatic heterocycles. The van der Waals surface area contributed by atoms with E-state index in [-0.39, 0.29) is 62.3 Å². The number of ether oxygens (including phenoxy) is 4. The summed E-state index contributed by atoms with van der Waals surface area (Å²) in [6.07, 6.45) is 1.06. The third kappa shape index (κ3) is 19.1. The molecule has 0 rings (SSSR count). The number of hydrogen-bond donors (Lipinski definition) is 1. The van der Waals surface area contributed by atoms with E-state index in [1.54, 1.807) is 21.0 Å². The number of aliphatic hydroxyl groups is 1. The van der Waals surface area contributed by atoms with Gasteiger partial charge < -0.3 is 28.5 Å². The van der Waals surface area contributed by atoms with Crippen LogP contribution >= 0.6 is 23.5 Å². The first-order valence-electron chi connectivity index (χ1n) is 12.7. The molecule has 0 bridgehead atoms. The molecule has 0 saturated carbocycles. The van der Waals surface area contributed by atoms with E-state index in [9.17, 15) is 24.3 Å². The van der Waals surface area contributed by atoms with Gasteiger partial charge in [-0.15, -0.1) is 0 Å². The Balaban J connectivity index is 3.81. The molecule has 0 spiro atoms. The maximum Gasteiger partial charge on any atom is 0.309 e. The summed E-state index contributed by atoms with van der Waals surface area (Å²) in [5.41, 5.74) is 0. The summed E-state index contributed by atoms with van der Waals surface area (Å²) in [5, 5.41) is 9.27. The minimum absolute atomic E-state index is 0.0132. The summed E-state index contributed by atoms with van der Waals surface area (Å²) >= 11 is 2.93. The lowest BCUT2D eigenvalue weighted by Crippen LogP contribution is -2.39. The smallest absolute Gasteiger partial charge is 0.309 e. The quantitative estimate of drug-likeness (QED) is 0.0882. The molecule has 0 heterocycles. The molecule has 10 nitrogen and oxygen atoms in total. The van der Waals surface area contributed by atoms with E-state index in [4.69, 9.17) is 23.4 Å². The van der Waals surface area contributed by atoms with E-state index >= 15 is 0 Å². The van der Waals surface area contributed by atoms with Crippen LogP contribution in [0.4, 0.5) is 0 Å². The van der Waals surface area contributed by atoms with Gasteiger partial charge in [-0.3, -0.25) is 19.2 Å². The van der Waals surface area contributed by atoms with Gasteiger partial charge in [0.1, 0.15) is 27.5 Å². The van der Waals surface area contributed by atoms with Crippen molar-refractivity contribution < 1.29 is 47.7 Å². The molecule has 14 heteroatoms. The highest BCUT2D eigenvalue weighted by atomic mass is 32.2. The molecular weight excluding hydrogens is 569 g/mol. The summed E-state index contributed by atoms with van der Waals surface area (Å²) in [7, 11) is -2.22. The maximum atomic E-state index is 12.0. The highest BCUT2D eigenvalue weighted by Gasteiger charge is 2.25. The van der Waals surface area contributed by atoms with Gasteiger partial charge in [0.15, 0.2) is 0 Å². The fourth-order valence-electron chi connectivity index (χ4n) is 2.32. The van der Waals surface area contributed by atoms with Crippen molar-refractivity contribution in [1.29, 1.82) is 0 Å². The van der Waals surface area contributed by atoms with Crippen LogP contribution < -0.4 is 0 Å². The molecule has 0 saturated heterocycles. The van der Waals surface area contributed by atoms with E-state index < -0.39 is 28.3 Å². The molecule has 2 atom stereocenters. The van der Waals surface area contributed by atoms with Gasteiger partial charge in [0.25, 0.3) is 0 Å². The molecule has 0 aliphatic rings. The lowest BCUT2D eigenvalue weighted by molar-refractivity contribution is -0.151. The molecule has 1 N–H and O–H groups in total. The van der Waals surface area contributed by atoms with Crippen molar-refractivity contribution in [2.45, 2.75) is 52.9 Å². The van der Waals surface area contributed by atoms with Crippen molar-refractivity contribution in [1.82, 2.24) is 0 Å². The van der Waals surface area contributed by atoms with Crippen LogP contribution in [-0.2, 0) is 42.6 Å². The molecule has 222 valence electrons. The van der Waals surface area contributed by atoms with Crippen LogP contribution in [-0.4, -0.2) is 107 Å². The molecule has 0 aromatic rings. The second kappa shape index (κ2) is 19.9. The Bertz CT molecular complexity index is 677. The third-order valence-electron chi connectivity index (χ3n) is 5.20. The van der Waals surface area contributed by atoms with Crippen molar-refractivity contribution in [2.24, 2.45) is 11.8 Å². The van der Waals surface area contributed by atoms with Crippen molar-refractivity contribution in [2.75, 3.05) is 62.0 Å². The molecule has 0 fully saturated rings. The molecule has 0 amide bonds. The minimum atomic E-state index is -1.95. The van der Waals surface area contributed by atoms with E-state index in [1.807, 2.05) is 26.2 Å². The molecule has 0 aliphatic carbocycles. The Labute approximate surface area is 237 Å². The highest BCUT2D eigenvalue weighted by Crippen LogP contribution is 2.14. The van der Waals surface area contributed by atoms with E-state index in [0.29, 0.717) is 29.2 Å². The number of rotatable bonds is 21. The third-order valence-corrected chi connectivity index (χ3v) is 11.4. The van der Waals surface area contributed by atoms with Crippen LogP contribution in [0.15, 0.2) is 0 Å². The number of thioether (sulfide) groups is 2. The number of aliphatic hydroxyl groups excluding tert-OH is 1. The van der Waals surface area contributed by atoms with Gasteiger partial charge in [0.2, 0.25) is 8.32 Å². The van der Waals surface area contributed by atoms with Gasteiger partial charge in [-0.25, -0.2) is 0 Å². The van der Waals surface area contributed by atoms with Gasteiger partial charge in [0, 0.05) is 36.4 Å². The Hall–Kier alpha value is -1.07. The molecule has 0 aromatic carbocycles. The lowest BCUT2D eigenvalue weighted by Gasteiger charge is -2.20. The Morgan fingerprint density at radius 3 is 1.55 bits per heavy atom. The predicted molar refractivity (Wildman–Crippen MR) is 155 cm³/mol. The molecule has 38 heavy (non-hydrogen) atoms. The van der Waals surface area contributed by atoms with Crippen molar-refractivity contribution in [3.05, 3.63) is 0 Å². The summed E-state index contributed by atoms with van der Waals surface area (Å²) < 4.78 is 26.1. The predicted octanol–water partition coefficient (Wildman–Crippen LogP) is 2.85. The summed E-state index contributed by atoms with van der Waals surface area (Å²) in [6, 6.07) is 0.